The second kappa shape index (κ2) is 7.70. The van der Waals surface area contributed by atoms with Crippen LogP contribution in [-0.2, 0) is 19.0 Å². The molecule has 130 valence electrons. The molecule has 0 bridgehead atoms. The molecular formula is C15H29NO6. The zero-order chi connectivity index (χ0) is 17.1. The van der Waals surface area contributed by atoms with Crippen LogP contribution < -0.4 is 5.32 Å². The van der Waals surface area contributed by atoms with Crippen molar-refractivity contribution >= 4 is 5.91 Å². The summed E-state index contributed by atoms with van der Waals surface area (Å²) >= 11 is 0. The van der Waals surface area contributed by atoms with Crippen LogP contribution in [0.1, 0.15) is 41.5 Å². The van der Waals surface area contributed by atoms with Crippen molar-refractivity contribution in [3.05, 3.63) is 0 Å². The van der Waals surface area contributed by atoms with Crippen LogP contribution in [-0.4, -0.2) is 65.1 Å². The number of ether oxygens (including phenoxy) is 3. The van der Waals surface area contributed by atoms with E-state index in [0.29, 0.717) is 0 Å². The minimum absolute atomic E-state index is 0.159. The summed E-state index contributed by atoms with van der Waals surface area (Å²) in [4.78, 5) is 11.4. The van der Waals surface area contributed by atoms with Gasteiger partial charge in [0.1, 0.15) is 24.4 Å². The van der Waals surface area contributed by atoms with E-state index in [2.05, 4.69) is 5.32 Å². The van der Waals surface area contributed by atoms with Gasteiger partial charge in [0.25, 0.3) is 0 Å². The molecular weight excluding hydrogens is 290 g/mol. The summed E-state index contributed by atoms with van der Waals surface area (Å²) in [6, 6.07) is -0.768. The van der Waals surface area contributed by atoms with Crippen LogP contribution >= 0.6 is 0 Å². The van der Waals surface area contributed by atoms with Gasteiger partial charge in [0, 0.05) is 6.92 Å². The molecule has 1 fully saturated rings. The van der Waals surface area contributed by atoms with Crippen molar-refractivity contribution in [2.75, 3.05) is 6.61 Å². The molecule has 0 saturated carbocycles. The number of carbonyl (C=O) groups excluding carboxylic acids is 1. The van der Waals surface area contributed by atoms with Crippen LogP contribution in [0.5, 0.6) is 0 Å². The number of aliphatic hydroxyl groups excluding tert-OH is 2. The van der Waals surface area contributed by atoms with Crippen molar-refractivity contribution in [3.63, 3.8) is 0 Å². The average Bonchev–Trinajstić information content (AvgIpc) is 2.34. The Morgan fingerprint density at radius 1 is 1.36 bits per heavy atom. The van der Waals surface area contributed by atoms with Gasteiger partial charge >= 0.3 is 0 Å². The number of aliphatic hydroxyl groups is 2. The van der Waals surface area contributed by atoms with E-state index >= 15 is 0 Å². The third-order valence-electron chi connectivity index (χ3n) is 3.12. The Morgan fingerprint density at radius 3 is 2.36 bits per heavy atom. The first-order chi connectivity index (χ1) is 10.0. The maximum absolute atomic E-state index is 11.4. The van der Waals surface area contributed by atoms with Gasteiger partial charge in [-0.15, -0.1) is 0 Å². The number of amides is 1. The predicted octanol–water partition coefficient (Wildman–Crippen LogP) is 0.178. The third kappa shape index (κ3) is 5.48. The lowest BCUT2D eigenvalue weighted by Gasteiger charge is -2.46. The molecule has 0 aromatic rings. The summed E-state index contributed by atoms with van der Waals surface area (Å²) in [5.74, 6) is -0.304. The van der Waals surface area contributed by atoms with E-state index in [1.807, 2.05) is 34.6 Å². The summed E-state index contributed by atoms with van der Waals surface area (Å²) in [6.45, 7) is 10.2. The van der Waals surface area contributed by atoms with Crippen LogP contribution in [0.15, 0.2) is 0 Å². The molecule has 1 heterocycles. The normalized spacial score (nSPS) is 33.0. The standard InChI is InChI=1S/C15H29NO6/c1-8(2)20-14-11(16-9(3)18)12(19)13(10(7-17)21-14)22-15(4,5)6/h8,10-14,17,19H,7H2,1-6H3,(H,16,18). The molecule has 1 rings (SSSR count). The summed E-state index contributed by atoms with van der Waals surface area (Å²) in [5, 5.41) is 22.8. The Morgan fingerprint density at radius 2 is 1.95 bits per heavy atom. The van der Waals surface area contributed by atoms with Gasteiger partial charge in [0.2, 0.25) is 5.91 Å². The van der Waals surface area contributed by atoms with Gasteiger partial charge in [-0.05, 0) is 34.6 Å². The van der Waals surface area contributed by atoms with Crippen LogP contribution in [0.25, 0.3) is 0 Å². The fraction of sp³-hybridized carbons (Fsp3) is 0.933. The summed E-state index contributed by atoms with van der Waals surface area (Å²) in [5.41, 5.74) is -0.533. The Kier molecular flexibility index (Phi) is 6.76. The molecule has 1 saturated heterocycles. The molecule has 5 atom stereocenters. The van der Waals surface area contributed by atoms with Crippen molar-refractivity contribution < 1.29 is 29.2 Å². The predicted molar refractivity (Wildman–Crippen MR) is 80.2 cm³/mol. The molecule has 7 nitrogen and oxygen atoms in total. The Hall–Kier alpha value is -0.730. The van der Waals surface area contributed by atoms with Gasteiger partial charge < -0.3 is 29.7 Å². The van der Waals surface area contributed by atoms with Crippen LogP contribution in [0.3, 0.4) is 0 Å². The summed E-state index contributed by atoms with van der Waals surface area (Å²) in [6.07, 6.45) is -3.57. The van der Waals surface area contributed by atoms with Crippen LogP contribution in [0, 0.1) is 0 Å². The van der Waals surface area contributed by atoms with Crippen molar-refractivity contribution in [1.82, 2.24) is 5.32 Å². The highest BCUT2D eigenvalue weighted by Crippen LogP contribution is 2.28. The van der Waals surface area contributed by atoms with Gasteiger partial charge in [0.15, 0.2) is 6.29 Å². The minimum atomic E-state index is -1.06. The molecule has 0 spiro atoms. The number of rotatable bonds is 5. The molecule has 0 radical (unpaired) electrons. The minimum Gasteiger partial charge on any atom is -0.394 e. The van der Waals surface area contributed by atoms with Crippen molar-refractivity contribution in [1.29, 1.82) is 0 Å². The second-order valence-corrected chi connectivity index (χ2v) is 6.82. The third-order valence-corrected chi connectivity index (χ3v) is 3.12. The number of hydrogen-bond donors (Lipinski definition) is 3. The molecule has 0 aromatic heterocycles. The Balaban J connectivity index is 2.99. The van der Waals surface area contributed by atoms with E-state index < -0.39 is 36.2 Å². The lowest BCUT2D eigenvalue weighted by molar-refractivity contribution is -0.297. The monoisotopic (exact) mass is 319 g/mol. The first-order valence-corrected chi connectivity index (χ1v) is 7.60. The molecule has 1 amide bonds. The molecule has 22 heavy (non-hydrogen) atoms. The molecule has 5 unspecified atom stereocenters. The van der Waals surface area contributed by atoms with Crippen LogP contribution in [0.2, 0.25) is 0 Å². The highest BCUT2D eigenvalue weighted by Gasteiger charge is 2.48. The second-order valence-electron chi connectivity index (χ2n) is 6.82. The molecule has 0 aromatic carbocycles. The molecule has 1 aliphatic rings. The van der Waals surface area contributed by atoms with Crippen molar-refractivity contribution in [2.24, 2.45) is 0 Å². The van der Waals surface area contributed by atoms with E-state index in [0.717, 1.165) is 0 Å². The number of nitrogens with one attached hydrogen (secondary N) is 1. The quantitative estimate of drug-likeness (QED) is 0.669. The van der Waals surface area contributed by atoms with E-state index in [1.165, 1.54) is 6.92 Å². The zero-order valence-electron chi connectivity index (χ0n) is 14.2. The summed E-state index contributed by atoms with van der Waals surface area (Å²) < 4.78 is 17.2. The lowest BCUT2D eigenvalue weighted by atomic mass is 9.95. The zero-order valence-corrected chi connectivity index (χ0v) is 14.2. The largest absolute Gasteiger partial charge is 0.394 e. The molecule has 1 aliphatic heterocycles. The first-order valence-electron chi connectivity index (χ1n) is 7.60. The average molecular weight is 319 g/mol. The highest BCUT2D eigenvalue weighted by atomic mass is 16.7. The summed E-state index contributed by atoms with van der Waals surface area (Å²) in [7, 11) is 0. The van der Waals surface area contributed by atoms with Crippen molar-refractivity contribution in [3.8, 4) is 0 Å². The van der Waals surface area contributed by atoms with E-state index in [1.54, 1.807) is 0 Å². The smallest absolute Gasteiger partial charge is 0.217 e. The van der Waals surface area contributed by atoms with Gasteiger partial charge in [-0.3, -0.25) is 4.79 Å². The topological polar surface area (TPSA) is 97.3 Å². The molecule has 7 heteroatoms. The SMILES string of the molecule is CC(=O)NC1C(OC(C)C)OC(CO)C(OC(C)(C)C)C1O. The number of hydrogen-bond acceptors (Lipinski definition) is 6. The van der Waals surface area contributed by atoms with Gasteiger partial charge in [-0.1, -0.05) is 0 Å². The van der Waals surface area contributed by atoms with E-state index in [4.69, 9.17) is 14.2 Å². The van der Waals surface area contributed by atoms with Crippen molar-refractivity contribution in [2.45, 2.75) is 83.9 Å². The maximum atomic E-state index is 11.4. The van der Waals surface area contributed by atoms with Crippen LogP contribution in [0.4, 0.5) is 0 Å². The highest BCUT2D eigenvalue weighted by molar-refractivity contribution is 5.73. The van der Waals surface area contributed by atoms with Gasteiger partial charge in [0.05, 0.1) is 18.3 Å². The first kappa shape index (κ1) is 19.3. The van der Waals surface area contributed by atoms with Gasteiger partial charge in [-0.25, -0.2) is 0 Å². The lowest BCUT2D eigenvalue weighted by Crippen LogP contribution is -2.66. The molecule has 3 N–H and O–H groups in total. The van der Waals surface area contributed by atoms with E-state index in [-0.39, 0.29) is 18.6 Å². The fourth-order valence-corrected chi connectivity index (χ4v) is 2.39. The maximum Gasteiger partial charge on any atom is 0.217 e. The Bertz CT molecular complexity index is 368. The van der Waals surface area contributed by atoms with E-state index in [9.17, 15) is 15.0 Å². The fourth-order valence-electron chi connectivity index (χ4n) is 2.39. The molecule has 0 aliphatic carbocycles. The number of carbonyl (C=O) groups is 1. The van der Waals surface area contributed by atoms with Gasteiger partial charge in [-0.2, -0.15) is 0 Å². The Labute approximate surface area is 131 Å².